The number of aromatic amines is 1. The van der Waals surface area contributed by atoms with Crippen LogP contribution in [0.3, 0.4) is 0 Å². The SMILES string of the molecule is C=Cn1c[n+](Cc2nc3sc4c(c3c(=O)[nH]2)CC[C@@H](C)C4)c2ccccc21. The molecule has 0 amide bonds. The molecule has 6 heteroatoms. The molecule has 4 aromatic rings. The summed E-state index contributed by atoms with van der Waals surface area (Å²) in [5, 5.41) is 0.809. The first-order valence-electron chi connectivity index (χ1n) is 9.29. The molecular weight excluding hydrogens is 356 g/mol. The van der Waals surface area contributed by atoms with E-state index in [0.29, 0.717) is 18.3 Å². The van der Waals surface area contributed by atoms with Gasteiger partial charge in [0.25, 0.3) is 5.56 Å². The van der Waals surface area contributed by atoms with E-state index in [-0.39, 0.29) is 5.56 Å². The first kappa shape index (κ1) is 16.4. The van der Waals surface area contributed by atoms with Gasteiger partial charge in [-0.1, -0.05) is 25.6 Å². The highest BCUT2D eigenvalue weighted by atomic mass is 32.1. The molecule has 3 heterocycles. The molecule has 1 aliphatic rings. The van der Waals surface area contributed by atoms with Crippen LogP contribution in [-0.4, -0.2) is 14.5 Å². The largest absolute Gasteiger partial charge is 0.307 e. The van der Waals surface area contributed by atoms with Gasteiger partial charge in [0.2, 0.25) is 6.33 Å². The van der Waals surface area contributed by atoms with E-state index in [1.54, 1.807) is 17.5 Å². The van der Waals surface area contributed by atoms with E-state index in [1.165, 1.54) is 10.4 Å². The van der Waals surface area contributed by atoms with E-state index in [1.807, 2.05) is 23.0 Å². The number of nitrogens with zero attached hydrogens (tertiary/aromatic N) is 3. The summed E-state index contributed by atoms with van der Waals surface area (Å²) >= 11 is 1.69. The van der Waals surface area contributed by atoms with Crippen LogP contribution in [0.25, 0.3) is 27.4 Å². The molecule has 1 atom stereocenters. The lowest BCUT2D eigenvalue weighted by atomic mass is 9.89. The van der Waals surface area contributed by atoms with Gasteiger partial charge in [0.1, 0.15) is 11.4 Å². The molecule has 0 aliphatic heterocycles. The Morgan fingerprint density at radius 2 is 2.30 bits per heavy atom. The van der Waals surface area contributed by atoms with Crippen molar-refractivity contribution in [3.05, 3.63) is 63.8 Å². The fraction of sp³-hybridized carbons (Fsp3) is 0.286. The molecule has 27 heavy (non-hydrogen) atoms. The van der Waals surface area contributed by atoms with Crippen molar-refractivity contribution in [2.24, 2.45) is 5.92 Å². The lowest BCUT2D eigenvalue weighted by molar-refractivity contribution is -0.663. The van der Waals surface area contributed by atoms with Gasteiger partial charge in [0.15, 0.2) is 16.9 Å². The number of hydrogen-bond donors (Lipinski definition) is 1. The maximum absolute atomic E-state index is 12.8. The lowest BCUT2D eigenvalue weighted by Gasteiger charge is -2.17. The Balaban J connectivity index is 1.61. The molecule has 136 valence electrons. The van der Waals surface area contributed by atoms with Crippen molar-refractivity contribution in [1.82, 2.24) is 14.5 Å². The third-order valence-electron chi connectivity index (χ3n) is 5.46. The first-order valence-corrected chi connectivity index (χ1v) is 10.1. The molecule has 0 unspecified atom stereocenters. The first-order chi connectivity index (χ1) is 13.1. The number of benzene rings is 1. The van der Waals surface area contributed by atoms with Crippen LogP contribution in [0.5, 0.6) is 0 Å². The van der Waals surface area contributed by atoms with E-state index in [2.05, 4.69) is 35.2 Å². The van der Waals surface area contributed by atoms with Crippen molar-refractivity contribution in [3.8, 4) is 0 Å². The summed E-state index contributed by atoms with van der Waals surface area (Å²) in [5.41, 5.74) is 3.38. The number of aryl methyl sites for hydroxylation is 1. The van der Waals surface area contributed by atoms with Crippen LogP contribution in [-0.2, 0) is 19.4 Å². The van der Waals surface area contributed by atoms with Crippen LogP contribution < -0.4 is 10.1 Å². The van der Waals surface area contributed by atoms with Gasteiger partial charge in [0, 0.05) is 4.88 Å². The monoisotopic (exact) mass is 377 g/mol. The summed E-state index contributed by atoms with van der Waals surface area (Å²) in [6.45, 7) is 6.68. The molecule has 1 N–H and O–H groups in total. The number of thiophene rings is 1. The van der Waals surface area contributed by atoms with Crippen molar-refractivity contribution in [2.45, 2.75) is 32.7 Å². The summed E-state index contributed by atoms with van der Waals surface area (Å²) < 4.78 is 4.08. The summed E-state index contributed by atoms with van der Waals surface area (Å²) in [4.78, 5) is 22.9. The van der Waals surface area contributed by atoms with Crippen molar-refractivity contribution >= 4 is 38.8 Å². The van der Waals surface area contributed by atoms with Crippen LogP contribution in [0.2, 0.25) is 0 Å². The van der Waals surface area contributed by atoms with Gasteiger partial charge in [-0.3, -0.25) is 4.79 Å². The predicted molar refractivity (Wildman–Crippen MR) is 109 cm³/mol. The number of fused-ring (bicyclic) bond motifs is 4. The Bertz CT molecular complexity index is 1250. The molecule has 1 aliphatic carbocycles. The molecule has 0 fully saturated rings. The summed E-state index contributed by atoms with van der Waals surface area (Å²) in [6, 6.07) is 8.15. The topological polar surface area (TPSA) is 54.6 Å². The molecule has 0 spiro atoms. The van der Waals surface area contributed by atoms with Crippen LogP contribution in [0, 0.1) is 5.92 Å². The van der Waals surface area contributed by atoms with Crippen molar-refractivity contribution in [3.63, 3.8) is 0 Å². The zero-order chi connectivity index (χ0) is 18.5. The van der Waals surface area contributed by atoms with E-state index in [0.717, 1.165) is 40.5 Å². The van der Waals surface area contributed by atoms with Crippen molar-refractivity contribution in [1.29, 1.82) is 0 Å². The maximum atomic E-state index is 12.8. The minimum absolute atomic E-state index is 0.00453. The molecule has 0 saturated carbocycles. The Kier molecular flexibility index (Phi) is 3.75. The van der Waals surface area contributed by atoms with Gasteiger partial charge in [0.05, 0.1) is 11.6 Å². The Labute approximate surface area is 160 Å². The third kappa shape index (κ3) is 2.63. The molecule has 0 bridgehead atoms. The standard InChI is InChI=1S/C21H20N4OS/c1-3-24-12-25(16-7-5-4-6-15(16)24)11-18-22-20(26)19-14-9-8-13(2)10-17(14)27-21(19)23-18/h3-7,12-13H,1,8-11H2,2H3/p+1/t13-/m1/s1. The average molecular weight is 377 g/mol. The average Bonchev–Trinajstić information content (AvgIpc) is 3.19. The van der Waals surface area contributed by atoms with Gasteiger partial charge in [-0.05, 0) is 42.9 Å². The smallest absolute Gasteiger partial charge is 0.260 e. The minimum atomic E-state index is -0.00453. The van der Waals surface area contributed by atoms with Gasteiger partial charge in [-0.15, -0.1) is 11.3 Å². The van der Waals surface area contributed by atoms with E-state index < -0.39 is 0 Å². The van der Waals surface area contributed by atoms with Gasteiger partial charge < -0.3 is 4.98 Å². The predicted octanol–water partition coefficient (Wildman–Crippen LogP) is 3.50. The quantitative estimate of drug-likeness (QED) is 0.556. The van der Waals surface area contributed by atoms with Crippen LogP contribution in [0.4, 0.5) is 0 Å². The number of hydrogen-bond acceptors (Lipinski definition) is 3. The third-order valence-corrected chi connectivity index (χ3v) is 6.61. The Morgan fingerprint density at radius 1 is 1.44 bits per heavy atom. The molecule has 1 aromatic carbocycles. The second kappa shape index (κ2) is 6.16. The number of para-hydroxylation sites is 2. The van der Waals surface area contributed by atoms with Gasteiger partial charge in [-0.25, -0.2) is 14.1 Å². The highest BCUT2D eigenvalue weighted by Crippen LogP contribution is 2.35. The fourth-order valence-corrected chi connectivity index (χ4v) is 5.50. The summed E-state index contributed by atoms with van der Waals surface area (Å²) in [5.74, 6) is 1.38. The number of rotatable bonds is 3. The van der Waals surface area contributed by atoms with E-state index in [4.69, 9.17) is 4.98 Å². The lowest BCUT2D eigenvalue weighted by Crippen LogP contribution is -2.34. The highest BCUT2D eigenvalue weighted by molar-refractivity contribution is 7.18. The molecular formula is C21H21N4OS+. The summed E-state index contributed by atoms with van der Waals surface area (Å²) in [7, 11) is 0. The zero-order valence-corrected chi connectivity index (χ0v) is 16.1. The van der Waals surface area contributed by atoms with Crippen molar-refractivity contribution < 1.29 is 4.57 Å². The maximum Gasteiger partial charge on any atom is 0.260 e. The summed E-state index contributed by atoms with van der Waals surface area (Å²) in [6.07, 6.45) is 6.97. The number of nitrogens with one attached hydrogen (secondary N) is 1. The second-order valence-corrected chi connectivity index (χ2v) is 8.45. The number of aromatic nitrogens is 4. The number of H-pyrrole nitrogens is 1. The Morgan fingerprint density at radius 3 is 3.15 bits per heavy atom. The van der Waals surface area contributed by atoms with Crippen LogP contribution in [0.1, 0.15) is 29.6 Å². The second-order valence-electron chi connectivity index (χ2n) is 7.37. The molecule has 5 nitrogen and oxygen atoms in total. The molecule has 5 rings (SSSR count). The minimum Gasteiger partial charge on any atom is -0.307 e. The zero-order valence-electron chi connectivity index (χ0n) is 15.2. The van der Waals surface area contributed by atoms with Crippen LogP contribution in [0.15, 0.2) is 42.0 Å². The highest BCUT2D eigenvalue weighted by Gasteiger charge is 2.23. The fourth-order valence-electron chi connectivity index (χ4n) is 4.10. The van der Waals surface area contributed by atoms with Crippen LogP contribution >= 0.6 is 11.3 Å². The van der Waals surface area contributed by atoms with E-state index in [9.17, 15) is 4.79 Å². The molecule has 0 radical (unpaired) electrons. The van der Waals surface area contributed by atoms with Gasteiger partial charge >= 0.3 is 0 Å². The molecule has 3 aromatic heterocycles. The van der Waals surface area contributed by atoms with Gasteiger partial charge in [-0.2, -0.15) is 0 Å². The van der Waals surface area contributed by atoms with Crippen molar-refractivity contribution in [2.75, 3.05) is 0 Å². The Hall–Kier alpha value is -2.73. The van der Waals surface area contributed by atoms with E-state index >= 15 is 0 Å². The number of imidazole rings is 1. The molecule has 0 saturated heterocycles. The normalized spacial score (nSPS) is 16.7.